The number of nitrogens with two attached hydrogens (primary N) is 1. The molecular formula is C19H24N4O3. The van der Waals surface area contributed by atoms with Crippen LogP contribution in [-0.2, 0) is 0 Å². The van der Waals surface area contributed by atoms with Crippen molar-refractivity contribution in [2.75, 3.05) is 5.32 Å². The Balaban J connectivity index is 1.80. The molecule has 0 fully saturated rings. The summed E-state index contributed by atoms with van der Waals surface area (Å²) < 4.78 is 11.3. The summed E-state index contributed by atoms with van der Waals surface area (Å²) in [6.45, 7) is 6.03. The lowest BCUT2D eigenvalue weighted by Crippen LogP contribution is -2.39. The summed E-state index contributed by atoms with van der Waals surface area (Å²) in [5, 5.41) is 17.9. The maximum Gasteiger partial charge on any atom is 0.219 e. The predicted molar refractivity (Wildman–Crippen MR) is 100 cm³/mol. The number of ether oxygens (including phenoxy) is 1. The first kappa shape index (κ1) is 18.2. The fourth-order valence-electron chi connectivity index (χ4n) is 2.60. The van der Waals surface area contributed by atoms with E-state index in [0.717, 1.165) is 11.1 Å². The summed E-state index contributed by atoms with van der Waals surface area (Å²) in [6.07, 6.45) is 1.44. The monoisotopic (exact) mass is 356 g/mol. The van der Waals surface area contributed by atoms with Gasteiger partial charge in [0.2, 0.25) is 5.88 Å². The second-order valence-corrected chi connectivity index (χ2v) is 6.50. The Bertz CT molecular complexity index is 861. The topological polar surface area (TPSA) is 106 Å². The van der Waals surface area contributed by atoms with E-state index in [1.54, 1.807) is 18.3 Å². The molecule has 0 bridgehead atoms. The van der Waals surface area contributed by atoms with Crippen molar-refractivity contribution < 1.29 is 14.4 Å². The Kier molecular flexibility index (Phi) is 5.39. The van der Waals surface area contributed by atoms with Crippen LogP contribution < -0.4 is 15.8 Å². The van der Waals surface area contributed by atoms with Crippen molar-refractivity contribution in [1.29, 1.82) is 0 Å². The van der Waals surface area contributed by atoms with Crippen LogP contribution in [-0.4, -0.2) is 27.5 Å². The quantitative estimate of drug-likeness (QED) is 0.555. The number of nitrogens with zero attached hydrogens (tertiary/aromatic N) is 2. The van der Waals surface area contributed by atoms with Gasteiger partial charge in [-0.25, -0.2) is 4.98 Å². The highest BCUT2D eigenvalue weighted by molar-refractivity contribution is 5.86. The first-order valence-electron chi connectivity index (χ1n) is 8.72. The minimum absolute atomic E-state index is 0.213. The van der Waals surface area contributed by atoms with Crippen LogP contribution in [0.2, 0.25) is 0 Å². The summed E-state index contributed by atoms with van der Waals surface area (Å²) in [4.78, 5) is 4.29. The van der Waals surface area contributed by atoms with E-state index in [1.807, 2.05) is 25.1 Å². The zero-order chi connectivity index (χ0) is 18.7. The molecule has 0 saturated heterocycles. The Hall–Kier alpha value is -2.64. The van der Waals surface area contributed by atoms with Crippen molar-refractivity contribution in [1.82, 2.24) is 10.1 Å². The van der Waals surface area contributed by atoms with E-state index in [9.17, 15) is 5.11 Å². The zero-order valence-electron chi connectivity index (χ0n) is 15.1. The molecule has 26 heavy (non-hydrogen) atoms. The Morgan fingerprint density at radius 3 is 2.73 bits per heavy atom. The number of fused-ring (bicyclic) bond motifs is 1. The minimum Gasteiger partial charge on any atom is -0.438 e. The fraction of sp³-hybridized carbons (Fsp3) is 0.368. The minimum atomic E-state index is -0.826. The van der Waals surface area contributed by atoms with Crippen LogP contribution in [0.4, 0.5) is 5.69 Å². The second-order valence-electron chi connectivity index (χ2n) is 6.50. The van der Waals surface area contributed by atoms with Crippen molar-refractivity contribution in [3.63, 3.8) is 0 Å². The van der Waals surface area contributed by atoms with E-state index in [0.29, 0.717) is 29.3 Å². The molecule has 0 spiro atoms. The Morgan fingerprint density at radius 2 is 2.08 bits per heavy atom. The standard InChI is InChI=1S/C19H24N4O3/c1-4-13(20)19(24)22-12-8-9-16(21-10-12)25-14-6-5-7-15-17(14)18(11(2)3)23-26-15/h5-11,13,19,22,24H,4,20H2,1-3H3/t13-,19?/m1/s1. The molecule has 2 heterocycles. The van der Waals surface area contributed by atoms with Crippen LogP contribution in [0.3, 0.4) is 0 Å². The van der Waals surface area contributed by atoms with E-state index in [2.05, 4.69) is 29.3 Å². The molecular weight excluding hydrogens is 332 g/mol. The van der Waals surface area contributed by atoms with E-state index in [1.165, 1.54) is 0 Å². The number of aliphatic hydroxyl groups excluding tert-OH is 1. The van der Waals surface area contributed by atoms with Gasteiger partial charge in [0.05, 0.1) is 23.0 Å². The molecule has 3 rings (SSSR count). The first-order chi connectivity index (χ1) is 12.5. The number of nitrogens with one attached hydrogen (secondary N) is 1. The molecule has 0 saturated carbocycles. The number of aromatic nitrogens is 2. The molecule has 2 aromatic heterocycles. The summed E-state index contributed by atoms with van der Waals surface area (Å²) in [5.74, 6) is 1.30. The van der Waals surface area contributed by atoms with Crippen LogP contribution in [0.25, 0.3) is 11.0 Å². The van der Waals surface area contributed by atoms with Gasteiger partial charge in [0.25, 0.3) is 0 Å². The van der Waals surface area contributed by atoms with Gasteiger partial charge < -0.3 is 25.4 Å². The highest BCUT2D eigenvalue weighted by Crippen LogP contribution is 2.34. The average molecular weight is 356 g/mol. The predicted octanol–water partition coefficient (Wildman–Crippen LogP) is 3.61. The van der Waals surface area contributed by atoms with E-state index in [-0.39, 0.29) is 12.0 Å². The summed E-state index contributed by atoms with van der Waals surface area (Å²) in [5.41, 5.74) is 8.01. The molecule has 1 unspecified atom stereocenters. The number of hydrogen-bond donors (Lipinski definition) is 3. The SMILES string of the molecule is CC[C@@H](N)C(O)Nc1ccc(Oc2cccc3onc(C(C)C)c23)nc1. The van der Waals surface area contributed by atoms with Crippen LogP contribution in [0.5, 0.6) is 11.6 Å². The lowest BCUT2D eigenvalue weighted by Gasteiger charge is -2.19. The van der Waals surface area contributed by atoms with Crippen molar-refractivity contribution >= 4 is 16.7 Å². The van der Waals surface area contributed by atoms with Gasteiger partial charge >= 0.3 is 0 Å². The maximum atomic E-state index is 9.94. The number of benzene rings is 1. The zero-order valence-corrected chi connectivity index (χ0v) is 15.1. The number of anilines is 1. The van der Waals surface area contributed by atoms with Gasteiger partial charge in [0, 0.05) is 12.1 Å². The fourth-order valence-corrected chi connectivity index (χ4v) is 2.60. The van der Waals surface area contributed by atoms with E-state index < -0.39 is 6.23 Å². The smallest absolute Gasteiger partial charge is 0.219 e. The highest BCUT2D eigenvalue weighted by Gasteiger charge is 2.17. The lowest BCUT2D eigenvalue weighted by molar-refractivity contribution is 0.170. The molecule has 1 aromatic carbocycles. The van der Waals surface area contributed by atoms with Crippen molar-refractivity contribution in [2.45, 2.75) is 45.4 Å². The molecule has 0 aliphatic carbocycles. The Labute approximate surface area is 152 Å². The van der Waals surface area contributed by atoms with Crippen LogP contribution in [0.1, 0.15) is 38.8 Å². The molecule has 4 N–H and O–H groups in total. The summed E-state index contributed by atoms with van der Waals surface area (Å²) in [7, 11) is 0. The van der Waals surface area contributed by atoms with Gasteiger partial charge in [-0.2, -0.15) is 0 Å². The third kappa shape index (κ3) is 3.79. The van der Waals surface area contributed by atoms with Gasteiger partial charge in [-0.05, 0) is 30.5 Å². The van der Waals surface area contributed by atoms with E-state index in [4.69, 9.17) is 15.0 Å². The first-order valence-corrected chi connectivity index (χ1v) is 8.72. The molecule has 0 aliphatic heterocycles. The van der Waals surface area contributed by atoms with Gasteiger partial charge in [0.1, 0.15) is 12.0 Å². The van der Waals surface area contributed by atoms with Crippen molar-refractivity contribution in [2.24, 2.45) is 5.73 Å². The molecule has 7 heteroatoms. The summed E-state index contributed by atoms with van der Waals surface area (Å²) in [6, 6.07) is 8.75. The molecule has 0 amide bonds. The molecule has 2 atom stereocenters. The van der Waals surface area contributed by atoms with Gasteiger partial charge in [-0.3, -0.25) is 0 Å². The largest absolute Gasteiger partial charge is 0.438 e. The average Bonchev–Trinajstić information content (AvgIpc) is 3.08. The molecule has 7 nitrogen and oxygen atoms in total. The molecule has 0 aliphatic rings. The van der Waals surface area contributed by atoms with Crippen LogP contribution in [0, 0.1) is 0 Å². The third-order valence-corrected chi connectivity index (χ3v) is 4.18. The van der Waals surface area contributed by atoms with Gasteiger partial charge in [0.15, 0.2) is 5.58 Å². The second kappa shape index (κ2) is 7.72. The number of rotatable bonds is 7. The van der Waals surface area contributed by atoms with Gasteiger partial charge in [-0.1, -0.05) is 32.0 Å². The third-order valence-electron chi connectivity index (χ3n) is 4.18. The summed E-state index contributed by atoms with van der Waals surface area (Å²) >= 11 is 0. The highest BCUT2D eigenvalue weighted by atomic mass is 16.5. The van der Waals surface area contributed by atoms with Gasteiger partial charge in [-0.15, -0.1) is 0 Å². The number of pyridine rings is 1. The molecule has 0 radical (unpaired) electrons. The molecule has 3 aromatic rings. The maximum absolute atomic E-state index is 9.94. The van der Waals surface area contributed by atoms with Crippen molar-refractivity contribution in [3.05, 3.63) is 42.2 Å². The van der Waals surface area contributed by atoms with Crippen LogP contribution in [0.15, 0.2) is 41.1 Å². The lowest BCUT2D eigenvalue weighted by atomic mass is 10.1. The molecule has 138 valence electrons. The van der Waals surface area contributed by atoms with Crippen LogP contribution >= 0.6 is 0 Å². The Morgan fingerprint density at radius 1 is 1.27 bits per heavy atom. The van der Waals surface area contributed by atoms with Crippen molar-refractivity contribution in [3.8, 4) is 11.6 Å². The number of aliphatic hydroxyl groups is 1. The van der Waals surface area contributed by atoms with E-state index >= 15 is 0 Å². The normalized spacial score (nSPS) is 13.8. The number of hydrogen-bond acceptors (Lipinski definition) is 7.